The molecule has 0 bridgehead atoms. The zero-order chi connectivity index (χ0) is 14.4. The third-order valence-electron chi connectivity index (χ3n) is 3.59. The third kappa shape index (κ3) is 3.45. The van der Waals surface area contributed by atoms with Gasteiger partial charge in [0.1, 0.15) is 5.82 Å². The maximum absolute atomic E-state index is 12.5. The van der Waals surface area contributed by atoms with E-state index in [-0.39, 0.29) is 18.6 Å². The predicted octanol–water partition coefficient (Wildman–Crippen LogP) is 1.29. The Morgan fingerprint density at radius 2 is 2.30 bits per heavy atom. The molecular weight excluding hydrogens is 256 g/mol. The van der Waals surface area contributed by atoms with Crippen molar-refractivity contribution >= 4 is 11.7 Å². The van der Waals surface area contributed by atoms with Crippen molar-refractivity contribution in [2.24, 2.45) is 0 Å². The Morgan fingerprint density at radius 1 is 1.45 bits per heavy atom. The fourth-order valence-electron chi connectivity index (χ4n) is 2.59. The van der Waals surface area contributed by atoms with Crippen LogP contribution in [0.2, 0.25) is 0 Å². The number of amides is 1. The van der Waals surface area contributed by atoms with Gasteiger partial charge in [0.15, 0.2) is 5.69 Å². The van der Waals surface area contributed by atoms with Gasteiger partial charge in [-0.3, -0.25) is 4.79 Å². The van der Waals surface area contributed by atoms with Gasteiger partial charge >= 0.3 is 0 Å². The van der Waals surface area contributed by atoms with Crippen LogP contribution in [0.5, 0.6) is 0 Å². The van der Waals surface area contributed by atoms with Crippen molar-refractivity contribution in [3.05, 3.63) is 17.8 Å². The first kappa shape index (κ1) is 14.7. The Bertz CT molecular complexity index is 433. The molecule has 1 aliphatic heterocycles. The van der Waals surface area contributed by atoms with E-state index >= 15 is 0 Å². The summed E-state index contributed by atoms with van der Waals surface area (Å²) in [6, 6.07) is 3.60. The standard InChI is InChI=1S/C14H22N4O2/c1-2-15-13-7-6-12(16-17-13)14(20)18-9-4-3-5-11(18)8-10-19/h6-7,11,19H,2-5,8-10H2,1H3,(H,15,17). The van der Waals surface area contributed by atoms with Crippen molar-refractivity contribution in [3.8, 4) is 0 Å². The molecule has 1 aromatic rings. The zero-order valence-electron chi connectivity index (χ0n) is 11.9. The fourth-order valence-corrected chi connectivity index (χ4v) is 2.59. The number of piperidine rings is 1. The lowest BCUT2D eigenvalue weighted by atomic mass is 9.99. The van der Waals surface area contributed by atoms with Crippen molar-refractivity contribution in [1.82, 2.24) is 15.1 Å². The Labute approximate surface area is 119 Å². The van der Waals surface area contributed by atoms with Gasteiger partial charge in [0.2, 0.25) is 0 Å². The summed E-state index contributed by atoms with van der Waals surface area (Å²) in [7, 11) is 0. The summed E-state index contributed by atoms with van der Waals surface area (Å²) in [6.07, 6.45) is 3.71. The van der Waals surface area contributed by atoms with Crippen LogP contribution in [0.25, 0.3) is 0 Å². The molecule has 0 saturated carbocycles. The molecule has 1 atom stereocenters. The molecule has 2 rings (SSSR count). The van der Waals surface area contributed by atoms with Gasteiger partial charge in [-0.1, -0.05) is 0 Å². The first-order valence-corrected chi connectivity index (χ1v) is 7.25. The van der Waals surface area contributed by atoms with Crippen LogP contribution in [-0.2, 0) is 0 Å². The van der Waals surface area contributed by atoms with E-state index in [0.717, 1.165) is 32.4 Å². The SMILES string of the molecule is CCNc1ccc(C(=O)N2CCCCC2CCO)nn1. The highest BCUT2D eigenvalue weighted by molar-refractivity contribution is 5.92. The number of nitrogens with one attached hydrogen (secondary N) is 1. The van der Waals surface area contributed by atoms with Gasteiger partial charge in [-0.25, -0.2) is 0 Å². The van der Waals surface area contributed by atoms with Gasteiger partial charge in [-0.15, -0.1) is 10.2 Å². The summed E-state index contributed by atoms with van der Waals surface area (Å²) in [4.78, 5) is 14.3. The van der Waals surface area contributed by atoms with Crippen LogP contribution >= 0.6 is 0 Å². The second-order valence-corrected chi connectivity index (χ2v) is 4.99. The number of anilines is 1. The Morgan fingerprint density at radius 3 is 2.95 bits per heavy atom. The van der Waals surface area contributed by atoms with Gasteiger partial charge in [0, 0.05) is 25.7 Å². The maximum Gasteiger partial charge on any atom is 0.274 e. The number of nitrogens with zero attached hydrogens (tertiary/aromatic N) is 3. The molecule has 1 unspecified atom stereocenters. The number of likely N-dealkylation sites (tertiary alicyclic amines) is 1. The van der Waals surface area contributed by atoms with E-state index in [0.29, 0.717) is 17.9 Å². The zero-order valence-corrected chi connectivity index (χ0v) is 11.9. The molecule has 0 radical (unpaired) electrons. The summed E-state index contributed by atoms with van der Waals surface area (Å²) in [6.45, 7) is 3.60. The minimum Gasteiger partial charge on any atom is -0.396 e. The molecule has 1 aromatic heterocycles. The van der Waals surface area contributed by atoms with Crippen LogP contribution in [0.3, 0.4) is 0 Å². The van der Waals surface area contributed by atoms with Crippen LogP contribution in [0.1, 0.15) is 43.1 Å². The highest BCUT2D eigenvalue weighted by atomic mass is 16.3. The van der Waals surface area contributed by atoms with Crippen LogP contribution in [-0.4, -0.2) is 51.8 Å². The molecule has 0 aromatic carbocycles. The first-order valence-electron chi connectivity index (χ1n) is 7.25. The van der Waals surface area contributed by atoms with Crippen LogP contribution in [0.15, 0.2) is 12.1 Å². The second kappa shape index (κ2) is 7.19. The van der Waals surface area contributed by atoms with E-state index in [2.05, 4.69) is 15.5 Å². The molecule has 110 valence electrons. The van der Waals surface area contributed by atoms with Crippen LogP contribution in [0, 0.1) is 0 Å². The van der Waals surface area contributed by atoms with E-state index < -0.39 is 0 Å². The minimum absolute atomic E-state index is 0.0845. The molecule has 2 N–H and O–H groups in total. The van der Waals surface area contributed by atoms with Crippen molar-refractivity contribution in [2.75, 3.05) is 25.0 Å². The average Bonchev–Trinajstić information content (AvgIpc) is 2.49. The minimum atomic E-state index is -0.0845. The lowest BCUT2D eigenvalue weighted by Gasteiger charge is -2.35. The first-order chi connectivity index (χ1) is 9.76. The summed E-state index contributed by atoms with van der Waals surface area (Å²) in [5.41, 5.74) is 0.372. The van der Waals surface area contributed by atoms with Gasteiger partial charge in [0.25, 0.3) is 5.91 Å². The van der Waals surface area contributed by atoms with Gasteiger partial charge in [-0.2, -0.15) is 0 Å². The van der Waals surface area contributed by atoms with Crippen molar-refractivity contribution in [3.63, 3.8) is 0 Å². The van der Waals surface area contributed by atoms with E-state index in [9.17, 15) is 4.79 Å². The Hall–Kier alpha value is -1.69. The lowest BCUT2D eigenvalue weighted by Crippen LogP contribution is -2.44. The number of aromatic nitrogens is 2. The van der Waals surface area contributed by atoms with E-state index in [1.54, 1.807) is 12.1 Å². The Balaban J connectivity index is 2.08. The van der Waals surface area contributed by atoms with E-state index in [4.69, 9.17) is 5.11 Å². The van der Waals surface area contributed by atoms with Gasteiger partial charge in [-0.05, 0) is 44.7 Å². The highest BCUT2D eigenvalue weighted by Crippen LogP contribution is 2.21. The molecule has 0 spiro atoms. The number of aliphatic hydroxyl groups excluding tert-OH is 1. The molecule has 6 heteroatoms. The van der Waals surface area contributed by atoms with Gasteiger partial charge < -0.3 is 15.3 Å². The number of hydrogen-bond acceptors (Lipinski definition) is 5. The molecule has 1 saturated heterocycles. The molecule has 20 heavy (non-hydrogen) atoms. The third-order valence-corrected chi connectivity index (χ3v) is 3.59. The van der Waals surface area contributed by atoms with Crippen molar-refractivity contribution in [2.45, 2.75) is 38.6 Å². The van der Waals surface area contributed by atoms with E-state index in [1.807, 2.05) is 11.8 Å². The van der Waals surface area contributed by atoms with E-state index in [1.165, 1.54) is 0 Å². The predicted molar refractivity (Wildman–Crippen MR) is 76.6 cm³/mol. The summed E-state index contributed by atoms with van der Waals surface area (Å²) >= 11 is 0. The monoisotopic (exact) mass is 278 g/mol. The lowest BCUT2D eigenvalue weighted by molar-refractivity contribution is 0.0567. The smallest absolute Gasteiger partial charge is 0.274 e. The molecule has 1 aliphatic rings. The summed E-state index contributed by atoms with van der Waals surface area (Å²) in [5, 5.41) is 20.2. The van der Waals surface area contributed by atoms with Gasteiger partial charge in [0.05, 0.1) is 0 Å². The normalized spacial score (nSPS) is 18.9. The van der Waals surface area contributed by atoms with Crippen LogP contribution < -0.4 is 5.32 Å². The average molecular weight is 278 g/mol. The molecule has 0 aliphatic carbocycles. The maximum atomic E-state index is 12.5. The summed E-state index contributed by atoms with van der Waals surface area (Å²) in [5.74, 6) is 0.591. The van der Waals surface area contributed by atoms with Crippen molar-refractivity contribution < 1.29 is 9.90 Å². The Kier molecular flexibility index (Phi) is 5.29. The second-order valence-electron chi connectivity index (χ2n) is 4.99. The fraction of sp³-hybridized carbons (Fsp3) is 0.643. The number of carbonyl (C=O) groups is 1. The van der Waals surface area contributed by atoms with Crippen LogP contribution in [0.4, 0.5) is 5.82 Å². The molecule has 1 amide bonds. The number of aliphatic hydroxyl groups is 1. The number of rotatable bonds is 5. The quantitative estimate of drug-likeness (QED) is 0.848. The summed E-state index contributed by atoms with van der Waals surface area (Å²) < 4.78 is 0. The number of carbonyl (C=O) groups excluding carboxylic acids is 1. The molecule has 6 nitrogen and oxygen atoms in total. The molecule has 2 heterocycles. The molecule has 1 fully saturated rings. The highest BCUT2D eigenvalue weighted by Gasteiger charge is 2.27. The number of hydrogen-bond donors (Lipinski definition) is 2. The van der Waals surface area contributed by atoms with Crippen molar-refractivity contribution in [1.29, 1.82) is 0 Å². The largest absolute Gasteiger partial charge is 0.396 e. The topological polar surface area (TPSA) is 78.4 Å². The molecular formula is C14H22N4O2.